The highest BCUT2D eigenvalue weighted by molar-refractivity contribution is 5.60. The van der Waals surface area contributed by atoms with E-state index in [0.29, 0.717) is 35.5 Å². The minimum absolute atomic E-state index is 0.0276. The largest absolute Gasteiger partial charge is 0.508 e. The van der Waals surface area contributed by atoms with Crippen LogP contribution in [0.4, 0.5) is 4.79 Å². The van der Waals surface area contributed by atoms with Crippen LogP contribution in [-0.2, 0) is 9.47 Å². The molecule has 6 atom stereocenters. The molecule has 2 rings (SSSR count). The second-order valence-corrected chi connectivity index (χ2v) is 9.21. The summed E-state index contributed by atoms with van der Waals surface area (Å²) >= 11 is 0. The van der Waals surface area contributed by atoms with Crippen LogP contribution in [0, 0.1) is 35.5 Å². The fourth-order valence-electron chi connectivity index (χ4n) is 4.78. The monoisotopic (exact) mass is 338 g/mol. The van der Waals surface area contributed by atoms with Crippen molar-refractivity contribution in [2.24, 2.45) is 35.5 Å². The number of hydrogen-bond donors (Lipinski definition) is 0. The fourth-order valence-corrected chi connectivity index (χ4v) is 4.78. The number of carbonyl (C=O) groups excluding carboxylic acids is 1. The summed E-state index contributed by atoms with van der Waals surface area (Å²) in [4.78, 5) is 12.5. The molecule has 24 heavy (non-hydrogen) atoms. The normalized spacial score (nSPS) is 37.5. The maximum absolute atomic E-state index is 12.5. The Hall–Kier alpha value is -0.730. The minimum Gasteiger partial charge on any atom is -0.431 e. The second-order valence-electron chi connectivity index (χ2n) is 9.21. The quantitative estimate of drug-likeness (QED) is 0.584. The molecule has 0 amide bonds. The Morgan fingerprint density at radius 3 is 1.46 bits per heavy atom. The predicted octanol–water partition coefficient (Wildman–Crippen LogP) is 6.06. The first kappa shape index (κ1) is 19.6. The van der Waals surface area contributed by atoms with Crippen molar-refractivity contribution in [3.8, 4) is 0 Å². The molecule has 2 saturated carbocycles. The van der Waals surface area contributed by atoms with Crippen molar-refractivity contribution >= 4 is 6.16 Å². The Bertz CT molecular complexity index is 368. The van der Waals surface area contributed by atoms with Gasteiger partial charge in [0.05, 0.1) is 0 Å². The van der Waals surface area contributed by atoms with Crippen LogP contribution in [0.2, 0.25) is 0 Å². The summed E-state index contributed by atoms with van der Waals surface area (Å²) in [7, 11) is 0. The molecule has 0 radical (unpaired) electrons. The first-order chi connectivity index (χ1) is 11.3. The summed E-state index contributed by atoms with van der Waals surface area (Å²) in [5, 5.41) is 0. The molecule has 0 bridgehead atoms. The Balaban J connectivity index is 1.94. The molecule has 3 heteroatoms. The molecule has 0 spiro atoms. The molecule has 140 valence electrons. The average Bonchev–Trinajstić information content (AvgIpc) is 2.46. The standard InChI is InChI=1S/C21H38O3/c1-13(2)17-9-7-15(5)11-19(17)23-21(22)24-20-12-16(6)8-10-18(20)14(3)4/h13-20H,7-12H2,1-6H3. The molecule has 0 aromatic rings. The Morgan fingerprint density at radius 1 is 0.750 bits per heavy atom. The van der Waals surface area contributed by atoms with E-state index in [4.69, 9.17) is 9.47 Å². The molecule has 0 aromatic heterocycles. The van der Waals surface area contributed by atoms with Crippen LogP contribution < -0.4 is 0 Å². The van der Waals surface area contributed by atoms with Crippen LogP contribution in [-0.4, -0.2) is 18.4 Å². The molecule has 0 saturated heterocycles. The third kappa shape index (κ3) is 5.13. The Labute approximate surface area is 148 Å². The van der Waals surface area contributed by atoms with Crippen LogP contribution in [0.5, 0.6) is 0 Å². The van der Waals surface area contributed by atoms with Crippen molar-refractivity contribution in [1.82, 2.24) is 0 Å². The van der Waals surface area contributed by atoms with Crippen LogP contribution in [0.25, 0.3) is 0 Å². The molecule has 2 fully saturated rings. The summed E-state index contributed by atoms with van der Waals surface area (Å²) in [6.45, 7) is 13.5. The average molecular weight is 339 g/mol. The minimum atomic E-state index is -0.426. The highest BCUT2D eigenvalue weighted by atomic mass is 16.7. The van der Waals surface area contributed by atoms with Gasteiger partial charge in [-0.15, -0.1) is 0 Å². The van der Waals surface area contributed by atoms with E-state index in [0.717, 1.165) is 25.7 Å². The van der Waals surface area contributed by atoms with E-state index >= 15 is 0 Å². The van der Waals surface area contributed by atoms with Gasteiger partial charge in [0.25, 0.3) is 0 Å². The zero-order valence-corrected chi connectivity index (χ0v) is 16.6. The van der Waals surface area contributed by atoms with Gasteiger partial charge < -0.3 is 9.47 Å². The van der Waals surface area contributed by atoms with Crippen molar-refractivity contribution < 1.29 is 14.3 Å². The molecule has 2 aliphatic carbocycles. The van der Waals surface area contributed by atoms with Crippen LogP contribution in [0.15, 0.2) is 0 Å². The van der Waals surface area contributed by atoms with Gasteiger partial charge in [-0.05, 0) is 61.2 Å². The zero-order valence-electron chi connectivity index (χ0n) is 16.6. The smallest absolute Gasteiger partial charge is 0.431 e. The topological polar surface area (TPSA) is 35.5 Å². The van der Waals surface area contributed by atoms with Gasteiger partial charge in [0.15, 0.2) is 0 Å². The molecule has 3 nitrogen and oxygen atoms in total. The van der Waals surface area contributed by atoms with Crippen molar-refractivity contribution in [2.45, 2.75) is 92.3 Å². The highest BCUT2D eigenvalue weighted by Crippen LogP contribution is 2.37. The lowest BCUT2D eigenvalue weighted by atomic mass is 9.75. The summed E-state index contributed by atoms with van der Waals surface area (Å²) in [5.74, 6) is 3.31. The van der Waals surface area contributed by atoms with Crippen molar-refractivity contribution in [3.63, 3.8) is 0 Å². The van der Waals surface area contributed by atoms with Gasteiger partial charge in [-0.2, -0.15) is 0 Å². The van der Waals surface area contributed by atoms with Crippen LogP contribution >= 0.6 is 0 Å². The van der Waals surface area contributed by atoms with Crippen LogP contribution in [0.1, 0.15) is 80.1 Å². The van der Waals surface area contributed by atoms with E-state index in [9.17, 15) is 4.79 Å². The van der Waals surface area contributed by atoms with E-state index in [1.807, 2.05) is 0 Å². The van der Waals surface area contributed by atoms with E-state index in [1.54, 1.807) is 0 Å². The summed E-state index contributed by atoms with van der Waals surface area (Å²) in [6, 6.07) is 0. The predicted molar refractivity (Wildman–Crippen MR) is 97.8 cm³/mol. The molecular formula is C21H38O3. The zero-order chi connectivity index (χ0) is 17.9. The SMILES string of the molecule is CC1CCC(C(C)C)C(OC(=O)OC2CC(C)CCC2C(C)C)C1. The molecule has 0 heterocycles. The number of carbonyl (C=O) groups is 1. The maximum Gasteiger partial charge on any atom is 0.508 e. The van der Waals surface area contributed by atoms with Gasteiger partial charge in [0.2, 0.25) is 0 Å². The lowest BCUT2D eigenvalue weighted by Gasteiger charge is -2.38. The van der Waals surface area contributed by atoms with E-state index in [1.165, 1.54) is 12.8 Å². The van der Waals surface area contributed by atoms with Gasteiger partial charge in [0.1, 0.15) is 12.2 Å². The van der Waals surface area contributed by atoms with E-state index in [-0.39, 0.29) is 12.2 Å². The summed E-state index contributed by atoms with van der Waals surface area (Å²) in [6.07, 6.45) is 6.39. The molecule has 0 aliphatic heterocycles. The van der Waals surface area contributed by atoms with Crippen molar-refractivity contribution in [3.05, 3.63) is 0 Å². The van der Waals surface area contributed by atoms with Gasteiger partial charge in [-0.3, -0.25) is 0 Å². The first-order valence-electron chi connectivity index (χ1n) is 10.1. The molecule has 2 aliphatic rings. The van der Waals surface area contributed by atoms with E-state index in [2.05, 4.69) is 41.5 Å². The lowest BCUT2D eigenvalue weighted by Crippen LogP contribution is -2.39. The third-order valence-electron chi connectivity index (χ3n) is 6.42. The molecule has 0 aromatic carbocycles. The first-order valence-corrected chi connectivity index (χ1v) is 10.1. The Morgan fingerprint density at radius 2 is 1.12 bits per heavy atom. The van der Waals surface area contributed by atoms with Gasteiger partial charge >= 0.3 is 6.16 Å². The third-order valence-corrected chi connectivity index (χ3v) is 6.42. The van der Waals surface area contributed by atoms with Gasteiger partial charge in [-0.25, -0.2) is 4.79 Å². The van der Waals surface area contributed by atoms with Crippen molar-refractivity contribution in [1.29, 1.82) is 0 Å². The lowest BCUT2D eigenvalue weighted by molar-refractivity contribution is -0.0697. The number of ether oxygens (including phenoxy) is 2. The summed E-state index contributed by atoms with van der Waals surface area (Å²) < 4.78 is 11.7. The summed E-state index contributed by atoms with van der Waals surface area (Å²) in [5.41, 5.74) is 0. The van der Waals surface area contributed by atoms with Gasteiger partial charge in [-0.1, -0.05) is 54.4 Å². The van der Waals surface area contributed by atoms with Crippen LogP contribution in [0.3, 0.4) is 0 Å². The molecule has 0 N–H and O–H groups in total. The maximum atomic E-state index is 12.5. The fraction of sp³-hybridized carbons (Fsp3) is 0.952. The number of rotatable bonds is 4. The Kier molecular flexibility index (Phi) is 7.00. The number of hydrogen-bond acceptors (Lipinski definition) is 3. The highest BCUT2D eigenvalue weighted by Gasteiger charge is 2.37. The van der Waals surface area contributed by atoms with Gasteiger partial charge in [0, 0.05) is 0 Å². The molecule has 6 unspecified atom stereocenters. The molecular weight excluding hydrogens is 300 g/mol. The second kappa shape index (κ2) is 8.58. The van der Waals surface area contributed by atoms with Crippen molar-refractivity contribution in [2.75, 3.05) is 0 Å². The van der Waals surface area contributed by atoms with E-state index < -0.39 is 6.16 Å².